The molecule has 0 aromatic heterocycles. The second-order valence-electron chi connectivity index (χ2n) is 8.75. The van der Waals surface area contributed by atoms with Crippen LogP contribution in [0.2, 0.25) is 0 Å². The fourth-order valence-corrected chi connectivity index (χ4v) is 3.68. The third-order valence-electron chi connectivity index (χ3n) is 6.22. The van der Waals surface area contributed by atoms with Gasteiger partial charge in [-0.2, -0.15) is 0 Å². The van der Waals surface area contributed by atoms with Crippen LogP contribution in [0, 0.1) is 11.3 Å². The zero-order chi connectivity index (χ0) is 20.1. The lowest BCUT2D eigenvalue weighted by molar-refractivity contribution is -0.126. The molecular formula is C23H44O4. The van der Waals surface area contributed by atoms with Crippen LogP contribution in [0.5, 0.6) is 0 Å². The molecule has 1 saturated carbocycles. The Morgan fingerprint density at radius 1 is 1.00 bits per heavy atom. The maximum atomic E-state index is 9.98. The Kier molecular flexibility index (Phi) is 12.5. The number of ether oxygens (including phenoxy) is 3. The van der Waals surface area contributed by atoms with E-state index in [4.69, 9.17) is 14.2 Å². The second-order valence-corrected chi connectivity index (χ2v) is 8.75. The van der Waals surface area contributed by atoms with Crippen LogP contribution in [-0.2, 0) is 14.2 Å². The minimum absolute atomic E-state index is 0.0832. The van der Waals surface area contributed by atoms with Crippen molar-refractivity contribution in [1.29, 1.82) is 0 Å². The van der Waals surface area contributed by atoms with Gasteiger partial charge in [0, 0.05) is 5.41 Å². The monoisotopic (exact) mass is 384 g/mol. The zero-order valence-electron chi connectivity index (χ0n) is 18.3. The summed E-state index contributed by atoms with van der Waals surface area (Å²) in [5, 5.41) is 9.98. The van der Waals surface area contributed by atoms with Crippen LogP contribution < -0.4 is 0 Å². The van der Waals surface area contributed by atoms with Crippen molar-refractivity contribution < 1.29 is 19.3 Å². The average molecular weight is 385 g/mol. The van der Waals surface area contributed by atoms with Crippen molar-refractivity contribution in [3.05, 3.63) is 12.7 Å². The van der Waals surface area contributed by atoms with Gasteiger partial charge in [-0.3, -0.25) is 0 Å². The number of rotatable bonds is 12. The van der Waals surface area contributed by atoms with E-state index in [1.54, 1.807) is 6.08 Å². The third kappa shape index (κ3) is 9.56. The lowest BCUT2D eigenvalue weighted by Gasteiger charge is -2.41. The van der Waals surface area contributed by atoms with Crippen molar-refractivity contribution in [3.8, 4) is 0 Å². The smallest absolute Gasteiger partial charge is 0.101 e. The Morgan fingerprint density at radius 3 is 2.11 bits per heavy atom. The molecule has 0 spiro atoms. The largest absolute Gasteiger partial charge is 0.388 e. The summed E-state index contributed by atoms with van der Waals surface area (Å²) < 4.78 is 17.7. The number of aliphatic hydroxyl groups excluding tert-OH is 1. The van der Waals surface area contributed by atoms with Crippen LogP contribution in [0.1, 0.15) is 79.1 Å². The molecule has 3 atom stereocenters. The average Bonchev–Trinajstić information content (AvgIpc) is 2.75. The van der Waals surface area contributed by atoms with Gasteiger partial charge < -0.3 is 19.3 Å². The maximum absolute atomic E-state index is 9.98. The molecule has 0 heterocycles. The summed E-state index contributed by atoms with van der Waals surface area (Å²) in [7, 11) is 0. The molecule has 0 saturated heterocycles. The van der Waals surface area contributed by atoms with Crippen molar-refractivity contribution in [2.24, 2.45) is 11.3 Å². The molecule has 3 unspecified atom stereocenters. The molecule has 27 heavy (non-hydrogen) atoms. The first-order chi connectivity index (χ1) is 12.9. The Balaban J connectivity index is 2.50. The highest BCUT2D eigenvalue weighted by Gasteiger charge is 2.37. The molecule has 4 nitrogen and oxygen atoms in total. The summed E-state index contributed by atoms with van der Waals surface area (Å²) >= 11 is 0. The summed E-state index contributed by atoms with van der Waals surface area (Å²) in [4.78, 5) is 0. The van der Waals surface area contributed by atoms with Crippen LogP contribution in [0.3, 0.4) is 0 Å². The normalized spacial score (nSPS) is 21.7. The van der Waals surface area contributed by atoms with Crippen molar-refractivity contribution >= 4 is 0 Å². The third-order valence-corrected chi connectivity index (χ3v) is 6.22. The minimum Gasteiger partial charge on any atom is -0.388 e. The first-order valence-corrected chi connectivity index (χ1v) is 11.0. The van der Waals surface area contributed by atoms with E-state index in [0.29, 0.717) is 25.2 Å². The predicted molar refractivity (Wildman–Crippen MR) is 112 cm³/mol. The molecule has 4 heteroatoms. The van der Waals surface area contributed by atoms with Crippen LogP contribution in [0.4, 0.5) is 0 Å². The molecule has 160 valence electrons. The fraction of sp³-hybridized carbons (Fsp3) is 0.913. The molecule has 0 aromatic rings. The summed E-state index contributed by atoms with van der Waals surface area (Å²) in [6.07, 6.45) is 11.9. The number of aliphatic hydroxyl groups is 1. The molecule has 0 aromatic carbocycles. The summed E-state index contributed by atoms with van der Waals surface area (Å²) in [6, 6.07) is 0. The molecule has 1 N–H and O–H groups in total. The van der Waals surface area contributed by atoms with Gasteiger partial charge in [0.15, 0.2) is 0 Å². The van der Waals surface area contributed by atoms with E-state index in [2.05, 4.69) is 34.3 Å². The quantitative estimate of drug-likeness (QED) is 0.374. The van der Waals surface area contributed by atoms with E-state index in [1.165, 1.54) is 51.4 Å². The first kappa shape index (κ1) is 24.6. The molecule has 1 aliphatic rings. The zero-order valence-corrected chi connectivity index (χ0v) is 18.3. The highest BCUT2D eigenvalue weighted by Crippen LogP contribution is 2.35. The molecule has 1 aliphatic carbocycles. The first-order valence-electron chi connectivity index (χ1n) is 11.0. The summed E-state index contributed by atoms with van der Waals surface area (Å²) in [5.41, 5.74) is -0.0832. The van der Waals surface area contributed by atoms with E-state index < -0.39 is 6.10 Å². The molecule has 0 amide bonds. The van der Waals surface area contributed by atoms with E-state index >= 15 is 0 Å². The summed E-state index contributed by atoms with van der Waals surface area (Å²) in [5.74, 6) is 0.429. The van der Waals surface area contributed by atoms with Crippen molar-refractivity contribution in [2.45, 2.75) is 97.4 Å². The molecule has 1 rings (SSSR count). The molecule has 0 radical (unpaired) electrons. The van der Waals surface area contributed by atoms with E-state index in [9.17, 15) is 5.11 Å². The fourth-order valence-electron chi connectivity index (χ4n) is 3.68. The highest BCUT2D eigenvalue weighted by atomic mass is 16.5. The Morgan fingerprint density at radius 2 is 1.56 bits per heavy atom. The van der Waals surface area contributed by atoms with Crippen molar-refractivity contribution in [3.63, 3.8) is 0 Å². The second kappa shape index (κ2) is 13.7. The van der Waals surface area contributed by atoms with Gasteiger partial charge in [-0.25, -0.2) is 0 Å². The lowest BCUT2D eigenvalue weighted by Crippen LogP contribution is -2.43. The van der Waals surface area contributed by atoms with E-state index in [-0.39, 0.29) is 24.7 Å². The molecule has 1 fully saturated rings. The topological polar surface area (TPSA) is 47.9 Å². The van der Waals surface area contributed by atoms with E-state index in [1.807, 2.05) is 0 Å². The number of hydrogen-bond acceptors (Lipinski definition) is 4. The lowest BCUT2D eigenvalue weighted by atomic mass is 9.75. The van der Waals surface area contributed by atoms with Gasteiger partial charge >= 0.3 is 0 Å². The summed E-state index contributed by atoms with van der Waals surface area (Å²) in [6.45, 7) is 14.1. The van der Waals surface area contributed by atoms with Gasteiger partial charge in [-0.15, -0.1) is 6.58 Å². The van der Waals surface area contributed by atoms with Crippen molar-refractivity contribution in [1.82, 2.24) is 0 Å². The standard InChI is InChI=1S/C23H44O4/c1-6-15-25-16-21(24)17-26-18-23(5,19(2)3)20(4)27-22-13-11-9-7-8-10-12-14-22/h6,19-22,24H,1,7-18H2,2-5H3. The molecular weight excluding hydrogens is 340 g/mol. The highest BCUT2D eigenvalue weighted by molar-refractivity contribution is 4.85. The van der Waals surface area contributed by atoms with Crippen LogP contribution >= 0.6 is 0 Å². The minimum atomic E-state index is -0.605. The van der Waals surface area contributed by atoms with E-state index in [0.717, 1.165) is 0 Å². The van der Waals surface area contributed by atoms with Gasteiger partial charge in [-0.05, 0) is 25.7 Å². The van der Waals surface area contributed by atoms with Crippen LogP contribution in [0.25, 0.3) is 0 Å². The van der Waals surface area contributed by atoms with Gasteiger partial charge in [-0.1, -0.05) is 65.4 Å². The number of hydrogen-bond donors (Lipinski definition) is 1. The Bertz CT molecular complexity index is 375. The SMILES string of the molecule is C=CCOCC(O)COCC(C)(C(C)C)C(C)OC1CCCCCCCC1. The van der Waals surface area contributed by atoms with Gasteiger partial charge in [0.1, 0.15) is 6.10 Å². The predicted octanol–water partition coefficient (Wildman–Crippen LogP) is 5.14. The Labute approximate surface area is 167 Å². The van der Waals surface area contributed by atoms with Gasteiger partial charge in [0.25, 0.3) is 0 Å². The van der Waals surface area contributed by atoms with Crippen molar-refractivity contribution in [2.75, 3.05) is 26.4 Å². The molecule has 0 aliphatic heterocycles. The van der Waals surface area contributed by atoms with Crippen LogP contribution in [-0.4, -0.2) is 49.8 Å². The maximum Gasteiger partial charge on any atom is 0.101 e. The van der Waals surface area contributed by atoms with Crippen LogP contribution in [0.15, 0.2) is 12.7 Å². The van der Waals surface area contributed by atoms with Gasteiger partial charge in [0.2, 0.25) is 0 Å². The van der Waals surface area contributed by atoms with Gasteiger partial charge in [0.05, 0.1) is 38.6 Å². The Hall–Kier alpha value is -0.420. The molecule has 0 bridgehead atoms.